The second-order valence-corrected chi connectivity index (χ2v) is 9.20. The number of hydrogen-bond acceptors (Lipinski definition) is 3. The molecule has 0 bridgehead atoms. The molecule has 2 atom stereocenters. The molecule has 0 fully saturated rings. The van der Waals surface area contributed by atoms with Crippen molar-refractivity contribution in [3.63, 3.8) is 0 Å². The third-order valence-corrected chi connectivity index (χ3v) is 5.52. The van der Waals surface area contributed by atoms with Gasteiger partial charge in [0, 0.05) is 16.5 Å². The number of allylic oxidation sites excluding steroid dienone is 3. The largest absolute Gasteiger partial charge is 0.477 e. The first kappa shape index (κ1) is 20.5. The average Bonchev–Trinajstić information content (AvgIpc) is 2.47. The van der Waals surface area contributed by atoms with Gasteiger partial charge < -0.3 is 5.11 Å². The van der Waals surface area contributed by atoms with Crippen LogP contribution in [0.25, 0.3) is 0 Å². The Morgan fingerprint density at radius 1 is 1.29 bits per heavy atom. The van der Waals surface area contributed by atoms with E-state index in [9.17, 15) is 13.2 Å². The fraction of sp³-hybridized carbons (Fsp3) is 0.353. The van der Waals surface area contributed by atoms with Crippen molar-refractivity contribution in [2.24, 2.45) is 5.92 Å². The summed E-state index contributed by atoms with van der Waals surface area (Å²) in [6, 6.07) is 9.37. The highest BCUT2D eigenvalue weighted by molar-refractivity contribution is 7.96. The Hall–Kier alpha value is -1.57. The van der Waals surface area contributed by atoms with Gasteiger partial charge in [-0.25, -0.2) is 16.9 Å². The third kappa shape index (κ3) is 6.51. The first-order valence-corrected chi connectivity index (χ1v) is 10.8. The minimum absolute atomic E-state index is 0.115. The van der Waals surface area contributed by atoms with Crippen LogP contribution in [0, 0.1) is 12.0 Å². The van der Waals surface area contributed by atoms with Gasteiger partial charge in [-0.3, -0.25) is 4.55 Å². The number of rotatable bonds is 4. The Labute approximate surface area is 146 Å². The van der Waals surface area contributed by atoms with Crippen molar-refractivity contribution < 1.29 is 22.9 Å². The molecule has 0 amide bonds. The molecule has 2 unspecified atom stereocenters. The SMILES string of the molecule is CC1C=[C-]C(S(=O)(=O)O)=CC1.C[S+](C)C(C(=O)O)c1ccccc1. The number of carboxylic acids is 1. The van der Waals surface area contributed by atoms with E-state index in [0.717, 1.165) is 5.56 Å². The van der Waals surface area contributed by atoms with E-state index in [1.807, 2.05) is 49.8 Å². The summed E-state index contributed by atoms with van der Waals surface area (Å²) in [5, 5.41) is 8.64. The molecule has 0 aromatic heterocycles. The predicted octanol–water partition coefficient (Wildman–Crippen LogP) is 2.85. The quantitative estimate of drug-likeness (QED) is 0.483. The zero-order valence-electron chi connectivity index (χ0n) is 13.8. The van der Waals surface area contributed by atoms with Crippen LogP contribution in [0.1, 0.15) is 24.2 Å². The number of benzene rings is 1. The van der Waals surface area contributed by atoms with Crippen LogP contribution in [-0.2, 0) is 25.8 Å². The highest BCUT2D eigenvalue weighted by Crippen LogP contribution is 2.21. The smallest absolute Gasteiger partial charge is 0.361 e. The standard InChI is InChI=1S/C10H12O2S.C7H9O3S/c1-13(2)9(10(11)12)8-6-4-3-5-7-8;1-6-2-4-7(5-3-6)11(8,9)10/h3-7,9H,1-2H3;2,5-6H,3H2,1H3,(H,8,9,10)/q;-1/p+1. The molecule has 2 rings (SSSR count). The zero-order chi connectivity index (χ0) is 18.3. The maximum atomic E-state index is 10.9. The first-order chi connectivity index (χ1) is 11.1. The van der Waals surface area contributed by atoms with E-state index < -0.39 is 16.1 Å². The molecule has 0 saturated heterocycles. The van der Waals surface area contributed by atoms with Gasteiger partial charge in [-0.1, -0.05) is 54.5 Å². The Balaban J connectivity index is 0.000000243. The van der Waals surface area contributed by atoms with E-state index in [0.29, 0.717) is 12.3 Å². The molecule has 1 aromatic carbocycles. The van der Waals surface area contributed by atoms with Crippen molar-refractivity contribution >= 4 is 27.0 Å². The van der Waals surface area contributed by atoms with Gasteiger partial charge in [-0.05, 0) is 0 Å². The average molecular weight is 370 g/mol. The van der Waals surface area contributed by atoms with Crippen LogP contribution in [0.5, 0.6) is 0 Å². The molecule has 0 spiro atoms. The molecular weight excluding hydrogens is 348 g/mol. The van der Waals surface area contributed by atoms with E-state index in [1.165, 1.54) is 6.08 Å². The van der Waals surface area contributed by atoms with Crippen LogP contribution in [0.2, 0.25) is 0 Å². The van der Waals surface area contributed by atoms with Crippen LogP contribution < -0.4 is 0 Å². The molecular formula is C17H22O5S2. The molecule has 132 valence electrons. The van der Waals surface area contributed by atoms with Crippen LogP contribution >= 0.6 is 0 Å². The van der Waals surface area contributed by atoms with E-state index in [-0.39, 0.29) is 21.1 Å². The maximum absolute atomic E-state index is 10.9. The molecule has 0 radical (unpaired) electrons. The topological polar surface area (TPSA) is 91.7 Å². The maximum Gasteiger partial charge on any atom is 0.361 e. The summed E-state index contributed by atoms with van der Waals surface area (Å²) in [6.07, 6.45) is 10.2. The lowest BCUT2D eigenvalue weighted by atomic mass is 10.0. The number of carboxylic acid groups (broad SMARTS) is 1. The Kier molecular flexibility index (Phi) is 7.72. The van der Waals surface area contributed by atoms with Crippen LogP contribution in [0.4, 0.5) is 0 Å². The lowest BCUT2D eigenvalue weighted by Gasteiger charge is -2.17. The van der Waals surface area contributed by atoms with Gasteiger partial charge in [0.1, 0.15) is 0 Å². The van der Waals surface area contributed by atoms with Crippen molar-refractivity contribution in [3.05, 3.63) is 59.0 Å². The number of carbonyl (C=O) groups is 1. The Morgan fingerprint density at radius 2 is 1.88 bits per heavy atom. The molecule has 24 heavy (non-hydrogen) atoms. The highest BCUT2D eigenvalue weighted by Gasteiger charge is 2.31. The zero-order valence-corrected chi connectivity index (χ0v) is 15.5. The summed E-state index contributed by atoms with van der Waals surface area (Å²) < 4.78 is 29.5. The van der Waals surface area contributed by atoms with Crippen LogP contribution in [0.15, 0.2) is 47.4 Å². The summed E-state index contributed by atoms with van der Waals surface area (Å²) in [6.45, 7) is 1.95. The minimum atomic E-state index is -4.03. The second kappa shape index (κ2) is 9.05. The fourth-order valence-corrected chi connectivity index (χ4v) is 3.70. The van der Waals surface area contributed by atoms with Crippen molar-refractivity contribution in [1.29, 1.82) is 0 Å². The number of aliphatic carboxylic acids is 1. The monoisotopic (exact) mass is 370 g/mol. The van der Waals surface area contributed by atoms with Gasteiger partial charge in [0.2, 0.25) is 5.25 Å². The molecule has 0 aliphatic heterocycles. The van der Waals surface area contributed by atoms with Gasteiger partial charge in [0.05, 0.1) is 12.5 Å². The van der Waals surface area contributed by atoms with Crippen molar-refractivity contribution in [3.8, 4) is 0 Å². The van der Waals surface area contributed by atoms with Gasteiger partial charge in [0.15, 0.2) is 0 Å². The molecule has 7 heteroatoms. The van der Waals surface area contributed by atoms with Gasteiger partial charge in [-0.15, -0.1) is 0 Å². The predicted molar refractivity (Wildman–Crippen MR) is 97.3 cm³/mol. The molecule has 0 heterocycles. The lowest BCUT2D eigenvalue weighted by Crippen LogP contribution is -2.19. The third-order valence-electron chi connectivity index (χ3n) is 3.26. The second-order valence-electron chi connectivity index (χ2n) is 5.58. The molecule has 1 aliphatic rings. The summed E-state index contributed by atoms with van der Waals surface area (Å²) in [7, 11) is -4.16. The summed E-state index contributed by atoms with van der Waals surface area (Å²) in [4.78, 5) is 10.8. The van der Waals surface area contributed by atoms with Crippen molar-refractivity contribution in [2.45, 2.75) is 18.6 Å². The Bertz CT molecular complexity index is 706. The molecule has 5 nitrogen and oxygen atoms in total. The van der Waals surface area contributed by atoms with Crippen LogP contribution in [-0.4, -0.2) is 36.6 Å². The highest BCUT2D eigenvalue weighted by atomic mass is 32.2. The number of hydrogen-bond donors (Lipinski definition) is 2. The van der Waals surface area contributed by atoms with Crippen LogP contribution in [0.3, 0.4) is 0 Å². The van der Waals surface area contributed by atoms with E-state index >= 15 is 0 Å². The normalized spacial score (nSPS) is 18.4. The Morgan fingerprint density at radius 3 is 2.25 bits per heavy atom. The van der Waals surface area contributed by atoms with Gasteiger partial charge in [-0.2, -0.15) is 14.5 Å². The van der Waals surface area contributed by atoms with E-state index in [2.05, 4.69) is 6.08 Å². The minimum Gasteiger partial charge on any atom is -0.477 e. The molecule has 0 saturated carbocycles. The van der Waals surface area contributed by atoms with Gasteiger partial charge >= 0.3 is 5.97 Å². The fourth-order valence-electron chi connectivity index (χ4n) is 2.07. The summed E-state index contributed by atoms with van der Waals surface area (Å²) in [5.74, 6) is -0.431. The van der Waals surface area contributed by atoms with Crippen molar-refractivity contribution in [2.75, 3.05) is 12.5 Å². The van der Waals surface area contributed by atoms with Crippen molar-refractivity contribution in [1.82, 2.24) is 0 Å². The first-order valence-electron chi connectivity index (χ1n) is 7.24. The lowest BCUT2D eigenvalue weighted by molar-refractivity contribution is -0.136. The molecule has 2 N–H and O–H groups in total. The summed E-state index contributed by atoms with van der Waals surface area (Å²) >= 11 is 0. The molecule has 1 aliphatic carbocycles. The summed E-state index contributed by atoms with van der Waals surface area (Å²) in [5.41, 5.74) is 0.892. The van der Waals surface area contributed by atoms with E-state index in [1.54, 1.807) is 6.08 Å². The van der Waals surface area contributed by atoms with Gasteiger partial charge in [0.25, 0.3) is 10.1 Å². The van der Waals surface area contributed by atoms with E-state index in [4.69, 9.17) is 9.66 Å². The molecule has 1 aromatic rings.